The molecule has 0 aliphatic rings. The average Bonchev–Trinajstić information content (AvgIpc) is 2.66. The van der Waals surface area contributed by atoms with E-state index in [2.05, 4.69) is 20.6 Å². The predicted molar refractivity (Wildman–Crippen MR) is 58.7 cm³/mol. The van der Waals surface area contributed by atoms with Crippen molar-refractivity contribution < 1.29 is 0 Å². The van der Waals surface area contributed by atoms with Gasteiger partial charge in [-0.25, -0.2) is 4.98 Å². The second-order valence-corrected chi connectivity index (χ2v) is 3.03. The number of hydrazone groups is 1. The van der Waals surface area contributed by atoms with Crippen molar-refractivity contribution in [2.75, 3.05) is 5.43 Å². The molecule has 0 saturated carbocycles. The van der Waals surface area contributed by atoms with E-state index < -0.39 is 0 Å². The van der Waals surface area contributed by atoms with Crippen LogP contribution in [0.4, 0.5) is 5.82 Å². The lowest BCUT2D eigenvalue weighted by atomic mass is 10.4. The number of nitrogens with one attached hydrogen (secondary N) is 1. The molecule has 15 heavy (non-hydrogen) atoms. The summed E-state index contributed by atoms with van der Waals surface area (Å²) in [6, 6.07) is 5.60. The summed E-state index contributed by atoms with van der Waals surface area (Å²) in [6.07, 6.45) is 7.02. The SMILES string of the molecule is Cn1cc(/C=N/Nc2ccccn2)cn1. The average molecular weight is 201 g/mol. The maximum Gasteiger partial charge on any atom is 0.146 e. The molecule has 2 aromatic heterocycles. The van der Waals surface area contributed by atoms with Gasteiger partial charge in [0.15, 0.2) is 0 Å². The van der Waals surface area contributed by atoms with Crippen LogP contribution in [0.5, 0.6) is 0 Å². The topological polar surface area (TPSA) is 55.1 Å². The van der Waals surface area contributed by atoms with E-state index in [0.717, 1.165) is 11.4 Å². The smallest absolute Gasteiger partial charge is 0.146 e. The molecule has 0 unspecified atom stereocenters. The quantitative estimate of drug-likeness (QED) is 0.600. The van der Waals surface area contributed by atoms with E-state index in [1.54, 1.807) is 23.3 Å². The lowest BCUT2D eigenvalue weighted by Gasteiger charge is -1.95. The first-order chi connectivity index (χ1) is 7.34. The molecule has 0 aliphatic heterocycles. The van der Waals surface area contributed by atoms with Gasteiger partial charge in [0.2, 0.25) is 0 Å². The molecule has 5 heteroatoms. The van der Waals surface area contributed by atoms with Gasteiger partial charge >= 0.3 is 0 Å². The molecule has 5 nitrogen and oxygen atoms in total. The van der Waals surface area contributed by atoms with Crippen LogP contribution in [-0.4, -0.2) is 21.0 Å². The van der Waals surface area contributed by atoms with Crippen molar-refractivity contribution in [1.82, 2.24) is 14.8 Å². The second kappa shape index (κ2) is 4.36. The molecule has 0 radical (unpaired) electrons. The molecule has 0 saturated heterocycles. The van der Waals surface area contributed by atoms with Crippen molar-refractivity contribution in [3.05, 3.63) is 42.4 Å². The zero-order valence-corrected chi connectivity index (χ0v) is 8.33. The number of nitrogens with zero attached hydrogens (tertiary/aromatic N) is 4. The lowest BCUT2D eigenvalue weighted by Crippen LogP contribution is -1.91. The number of aromatic nitrogens is 3. The summed E-state index contributed by atoms with van der Waals surface area (Å²) in [5.74, 6) is 0.720. The number of hydrogen-bond donors (Lipinski definition) is 1. The Morgan fingerprint density at radius 2 is 2.40 bits per heavy atom. The molecule has 0 fully saturated rings. The Morgan fingerprint density at radius 3 is 3.07 bits per heavy atom. The van der Waals surface area contributed by atoms with Gasteiger partial charge < -0.3 is 0 Å². The largest absolute Gasteiger partial charge is 0.275 e. The molecule has 2 heterocycles. The summed E-state index contributed by atoms with van der Waals surface area (Å²) in [5.41, 5.74) is 3.77. The number of aryl methyl sites for hydroxylation is 1. The molecule has 0 spiro atoms. The highest BCUT2D eigenvalue weighted by Crippen LogP contribution is 1.99. The summed E-state index contributed by atoms with van der Waals surface area (Å²) in [5, 5.41) is 8.06. The Hall–Kier alpha value is -2.17. The number of hydrogen-bond acceptors (Lipinski definition) is 4. The van der Waals surface area contributed by atoms with Gasteiger partial charge in [-0.15, -0.1) is 0 Å². The van der Waals surface area contributed by atoms with E-state index >= 15 is 0 Å². The number of rotatable bonds is 3. The lowest BCUT2D eigenvalue weighted by molar-refractivity contribution is 0.767. The predicted octanol–water partition coefficient (Wildman–Crippen LogP) is 1.26. The molecule has 0 aromatic carbocycles. The molecule has 76 valence electrons. The maximum absolute atomic E-state index is 4.07. The van der Waals surface area contributed by atoms with Crippen LogP contribution < -0.4 is 5.43 Å². The van der Waals surface area contributed by atoms with Gasteiger partial charge in [-0.05, 0) is 12.1 Å². The highest BCUT2D eigenvalue weighted by atomic mass is 15.3. The molecular weight excluding hydrogens is 190 g/mol. The zero-order chi connectivity index (χ0) is 10.5. The van der Waals surface area contributed by atoms with Crippen LogP contribution >= 0.6 is 0 Å². The molecular formula is C10H11N5. The normalized spacial score (nSPS) is 10.7. The minimum atomic E-state index is 0.720. The Morgan fingerprint density at radius 1 is 1.47 bits per heavy atom. The van der Waals surface area contributed by atoms with Crippen LogP contribution in [0.15, 0.2) is 41.9 Å². The van der Waals surface area contributed by atoms with Crippen molar-refractivity contribution >= 4 is 12.0 Å². The Balaban J connectivity index is 1.96. The van der Waals surface area contributed by atoms with Gasteiger partial charge in [0.1, 0.15) is 5.82 Å². The third-order valence-corrected chi connectivity index (χ3v) is 1.78. The monoisotopic (exact) mass is 201 g/mol. The van der Waals surface area contributed by atoms with Gasteiger partial charge in [-0.1, -0.05) is 6.07 Å². The summed E-state index contributed by atoms with van der Waals surface area (Å²) >= 11 is 0. The summed E-state index contributed by atoms with van der Waals surface area (Å²) in [6.45, 7) is 0. The zero-order valence-electron chi connectivity index (χ0n) is 8.33. The second-order valence-electron chi connectivity index (χ2n) is 3.03. The Kier molecular flexibility index (Phi) is 2.73. The van der Waals surface area contributed by atoms with Crippen molar-refractivity contribution in [2.45, 2.75) is 0 Å². The Bertz CT molecular complexity index is 446. The van der Waals surface area contributed by atoms with Gasteiger partial charge in [0, 0.05) is 25.0 Å². The minimum Gasteiger partial charge on any atom is -0.275 e. The molecule has 0 bridgehead atoms. The van der Waals surface area contributed by atoms with Crippen molar-refractivity contribution in [3.63, 3.8) is 0 Å². The fourth-order valence-corrected chi connectivity index (χ4v) is 1.11. The first-order valence-corrected chi connectivity index (χ1v) is 4.53. The molecule has 0 atom stereocenters. The fourth-order valence-electron chi connectivity index (χ4n) is 1.11. The van der Waals surface area contributed by atoms with Crippen LogP contribution in [-0.2, 0) is 7.05 Å². The van der Waals surface area contributed by atoms with Crippen molar-refractivity contribution in [2.24, 2.45) is 12.1 Å². The van der Waals surface area contributed by atoms with Crippen molar-refractivity contribution in [3.8, 4) is 0 Å². The number of pyridine rings is 1. The third-order valence-electron chi connectivity index (χ3n) is 1.78. The van der Waals surface area contributed by atoms with Crippen LogP contribution in [0.1, 0.15) is 5.56 Å². The highest BCUT2D eigenvalue weighted by Gasteiger charge is 1.90. The van der Waals surface area contributed by atoms with Crippen LogP contribution in [0.2, 0.25) is 0 Å². The van der Waals surface area contributed by atoms with E-state index in [0.29, 0.717) is 0 Å². The van der Waals surface area contributed by atoms with Crippen LogP contribution in [0.25, 0.3) is 0 Å². The van der Waals surface area contributed by atoms with E-state index in [1.165, 1.54) is 0 Å². The van der Waals surface area contributed by atoms with Gasteiger partial charge in [-0.2, -0.15) is 10.2 Å². The molecule has 1 N–H and O–H groups in total. The molecule has 0 amide bonds. The van der Waals surface area contributed by atoms with E-state index in [1.807, 2.05) is 31.4 Å². The summed E-state index contributed by atoms with van der Waals surface area (Å²) < 4.78 is 1.72. The van der Waals surface area contributed by atoms with E-state index in [9.17, 15) is 0 Å². The fraction of sp³-hybridized carbons (Fsp3) is 0.100. The standard InChI is InChI=1S/C10H11N5/c1-15-8-9(7-13-15)6-12-14-10-4-2-3-5-11-10/h2-8H,1H3,(H,11,14)/b12-6+. The number of anilines is 1. The third kappa shape index (κ3) is 2.63. The first kappa shape index (κ1) is 9.39. The van der Waals surface area contributed by atoms with Crippen molar-refractivity contribution in [1.29, 1.82) is 0 Å². The molecule has 0 aliphatic carbocycles. The summed E-state index contributed by atoms with van der Waals surface area (Å²) in [4.78, 5) is 4.07. The van der Waals surface area contributed by atoms with E-state index in [-0.39, 0.29) is 0 Å². The Labute approximate surface area is 87.5 Å². The minimum absolute atomic E-state index is 0.720. The van der Waals surface area contributed by atoms with Gasteiger partial charge in [0.05, 0.1) is 12.4 Å². The highest BCUT2D eigenvalue weighted by molar-refractivity contribution is 5.79. The molecule has 2 rings (SSSR count). The maximum atomic E-state index is 4.07. The molecule has 2 aromatic rings. The van der Waals surface area contributed by atoms with Gasteiger partial charge in [-0.3, -0.25) is 10.1 Å². The van der Waals surface area contributed by atoms with Gasteiger partial charge in [0.25, 0.3) is 0 Å². The van der Waals surface area contributed by atoms with Crippen LogP contribution in [0, 0.1) is 0 Å². The van der Waals surface area contributed by atoms with Crippen LogP contribution in [0.3, 0.4) is 0 Å². The first-order valence-electron chi connectivity index (χ1n) is 4.53. The summed E-state index contributed by atoms with van der Waals surface area (Å²) in [7, 11) is 1.86. The van der Waals surface area contributed by atoms with E-state index in [4.69, 9.17) is 0 Å².